The van der Waals surface area contributed by atoms with Crippen LogP contribution in [0.15, 0.2) is 18.2 Å². The smallest absolute Gasteiger partial charge is 0.303 e. The van der Waals surface area contributed by atoms with Crippen LogP contribution in [-0.4, -0.2) is 33.5 Å². The molecule has 1 aromatic carbocycles. The van der Waals surface area contributed by atoms with E-state index in [9.17, 15) is 9.59 Å². The average Bonchev–Trinajstić information content (AvgIpc) is 3.12. The Bertz CT molecular complexity index is 818. The Morgan fingerprint density at radius 1 is 1.12 bits per heavy atom. The van der Waals surface area contributed by atoms with Gasteiger partial charge in [0.05, 0.1) is 11.9 Å². The highest BCUT2D eigenvalue weighted by molar-refractivity contribution is 5.95. The third kappa shape index (κ3) is 4.59. The molecule has 26 heavy (non-hydrogen) atoms. The number of fused-ring (bicyclic) bond motifs is 1. The molecule has 1 aromatic heterocycles. The third-order valence-electron chi connectivity index (χ3n) is 3.77. The summed E-state index contributed by atoms with van der Waals surface area (Å²) in [5.41, 5.74) is 7.46. The van der Waals surface area contributed by atoms with Crippen molar-refractivity contribution in [2.45, 2.75) is 12.8 Å². The quantitative estimate of drug-likeness (QED) is 0.598. The van der Waals surface area contributed by atoms with Gasteiger partial charge in [0.15, 0.2) is 0 Å². The zero-order valence-corrected chi connectivity index (χ0v) is 13.9. The number of benzene rings is 1. The number of carboxylic acid groups (broad SMARTS) is 1. The van der Waals surface area contributed by atoms with E-state index in [4.69, 9.17) is 10.8 Å². The minimum Gasteiger partial charge on any atom is -0.481 e. The zero-order valence-electron chi connectivity index (χ0n) is 13.9. The molecule has 1 fully saturated rings. The van der Waals surface area contributed by atoms with Crippen molar-refractivity contribution in [3.63, 3.8) is 0 Å². The Morgan fingerprint density at radius 3 is 2.62 bits per heavy atom. The number of nitrogens with zero attached hydrogens (tertiary/aromatic N) is 2. The molecule has 0 atom stereocenters. The van der Waals surface area contributed by atoms with E-state index in [1.54, 1.807) is 6.07 Å². The number of carboxylic acids is 1. The van der Waals surface area contributed by atoms with Crippen molar-refractivity contribution >= 4 is 40.2 Å². The molecule has 1 amide bonds. The topological polar surface area (TPSA) is 130 Å². The molecule has 0 aliphatic heterocycles. The summed E-state index contributed by atoms with van der Waals surface area (Å²) in [4.78, 5) is 30.6. The fraction of sp³-hybridized carbons (Fsp3) is 0.167. The Hall–Kier alpha value is -2.90. The van der Waals surface area contributed by atoms with Gasteiger partial charge in [-0.2, -0.15) is 4.98 Å². The van der Waals surface area contributed by atoms with E-state index in [0.717, 1.165) is 5.69 Å². The molecular weight excluding hydrogens is 334 g/mol. The molecule has 1 saturated carbocycles. The van der Waals surface area contributed by atoms with E-state index in [1.165, 1.54) is 5.92 Å². The summed E-state index contributed by atoms with van der Waals surface area (Å²) < 4.78 is 0. The maximum absolute atomic E-state index is 11.7. The molecule has 0 saturated heterocycles. The van der Waals surface area contributed by atoms with Crippen molar-refractivity contribution in [1.82, 2.24) is 9.97 Å². The lowest BCUT2D eigenvalue weighted by atomic mass is 10.1. The summed E-state index contributed by atoms with van der Waals surface area (Å²) in [6.07, 6.45) is 7.62. The number of aliphatic carboxylic acids is 1. The van der Waals surface area contributed by atoms with Crippen LogP contribution in [0.2, 0.25) is 0 Å². The van der Waals surface area contributed by atoms with Crippen molar-refractivity contribution in [1.29, 1.82) is 0 Å². The predicted molar refractivity (Wildman–Crippen MR) is 98.4 cm³/mol. The monoisotopic (exact) mass is 352 g/mol. The first-order chi connectivity index (χ1) is 12.5. The van der Waals surface area contributed by atoms with Gasteiger partial charge in [-0.1, -0.05) is 0 Å². The fourth-order valence-electron chi connectivity index (χ4n) is 2.46. The lowest BCUT2D eigenvalue weighted by molar-refractivity contribution is -0.138. The highest BCUT2D eigenvalue weighted by Crippen LogP contribution is 2.26. The summed E-state index contributed by atoms with van der Waals surface area (Å²) >= 11 is 0. The number of rotatable bonds is 7. The Kier molecular flexibility index (Phi) is 5.50. The highest BCUT2D eigenvalue weighted by Gasteiger charge is 2.16. The minimum absolute atomic E-state index is 0.0582. The van der Waals surface area contributed by atoms with Crippen LogP contribution < -0.4 is 16.4 Å². The normalized spacial score (nSPS) is 14.5. The lowest BCUT2D eigenvalue weighted by Crippen LogP contribution is -2.16. The van der Waals surface area contributed by atoms with Crippen molar-refractivity contribution in [3.05, 3.63) is 49.8 Å². The summed E-state index contributed by atoms with van der Waals surface area (Å²) in [7, 11) is 0. The van der Waals surface area contributed by atoms with Crippen LogP contribution in [-0.2, 0) is 9.59 Å². The van der Waals surface area contributed by atoms with E-state index in [0.29, 0.717) is 17.4 Å². The number of nitrogens with two attached hydrogens (primary N) is 1. The molecule has 2 aromatic rings. The summed E-state index contributed by atoms with van der Waals surface area (Å²) in [6, 6.07) is 5.50. The molecule has 5 radical (unpaired) electrons. The Morgan fingerprint density at radius 2 is 1.88 bits per heavy atom. The number of hydrogen-bond donors (Lipinski definition) is 4. The molecule has 0 unspecified atom stereocenters. The molecule has 0 bridgehead atoms. The second-order valence-corrected chi connectivity index (χ2v) is 5.75. The summed E-state index contributed by atoms with van der Waals surface area (Å²) in [5, 5.41) is 15.0. The van der Waals surface area contributed by atoms with Gasteiger partial charge < -0.3 is 16.2 Å². The maximum atomic E-state index is 11.7. The van der Waals surface area contributed by atoms with Gasteiger partial charge in [0.1, 0.15) is 5.82 Å². The lowest BCUT2D eigenvalue weighted by Gasteiger charge is -2.12. The Labute approximate surface area is 151 Å². The van der Waals surface area contributed by atoms with Crippen LogP contribution in [0.5, 0.6) is 0 Å². The van der Waals surface area contributed by atoms with E-state index >= 15 is 0 Å². The Balaban J connectivity index is 1.69. The van der Waals surface area contributed by atoms with Crippen LogP contribution in [0.3, 0.4) is 0 Å². The van der Waals surface area contributed by atoms with E-state index in [2.05, 4.69) is 20.6 Å². The molecule has 1 heterocycles. The van der Waals surface area contributed by atoms with Crippen molar-refractivity contribution in [3.8, 4) is 0 Å². The van der Waals surface area contributed by atoms with E-state index < -0.39 is 11.9 Å². The first kappa shape index (κ1) is 17.9. The number of amides is 1. The molecule has 133 valence electrons. The number of nitrogens with one attached hydrogen (secondary N) is 2. The fourth-order valence-corrected chi connectivity index (χ4v) is 2.46. The first-order valence-corrected chi connectivity index (χ1v) is 8.04. The number of nitrogen functional groups attached to an aromatic ring is 1. The van der Waals surface area contributed by atoms with Gasteiger partial charge in [0.25, 0.3) is 0 Å². The number of anilines is 3. The van der Waals surface area contributed by atoms with Crippen LogP contribution in [0.1, 0.15) is 12.8 Å². The molecule has 8 heteroatoms. The molecule has 1 aliphatic carbocycles. The SMILES string of the molecule is Nc1nc(NC(=O)CCC(=O)O)nc2ccc(NC[C]3[CH][CH][CH][CH]3)cc12. The standard InChI is InChI=1S/C18H18N5O3/c19-17-13-9-12(20-10-11-3-1-2-4-11)5-6-14(13)21-18(23-17)22-15(24)7-8-16(25)26/h1-6,9,20H,7-8,10H2,(H,25,26)(H3,19,21,22,23,24). The van der Waals surface area contributed by atoms with Crippen molar-refractivity contribution in [2.75, 3.05) is 22.9 Å². The number of carbonyl (C=O) groups excluding carboxylic acids is 1. The molecular formula is C18H18N5O3. The van der Waals surface area contributed by atoms with Crippen LogP contribution in [0.4, 0.5) is 17.5 Å². The molecule has 0 spiro atoms. The maximum Gasteiger partial charge on any atom is 0.303 e. The van der Waals surface area contributed by atoms with Gasteiger partial charge in [-0.3, -0.25) is 14.9 Å². The van der Waals surface area contributed by atoms with E-state index in [-0.39, 0.29) is 24.6 Å². The second-order valence-electron chi connectivity index (χ2n) is 5.75. The van der Waals surface area contributed by atoms with Gasteiger partial charge in [0, 0.05) is 30.0 Å². The number of hydrogen-bond acceptors (Lipinski definition) is 6. The third-order valence-corrected chi connectivity index (χ3v) is 3.77. The van der Waals surface area contributed by atoms with Gasteiger partial charge in [-0.15, -0.1) is 0 Å². The predicted octanol–water partition coefficient (Wildman–Crippen LogP) is 1.83. The minimum atomic E-state index is -1.04. The van der Waals surface area contributed by atoms with Crippen LogP contribution >= 0.6 is 0 Å². The molecule has 5 N–H and O–H groups in total. The van der Waals surface area contributed by atoms with Crippen molar-refractivity contribution < 1.29 is 14.7 Å². The van der Waals surface area contributed by atoms with Gasteiger partial charge in [0.2, 0.25) is 11.9 Å². The highest BCUT2D eigenvalue weighted by atomic mass is 16.4. The number of aromatic nitrogens is 2. The van der Waals surface area contributed by atoms with E-state index in [1.807, 2.05) is 37.8 Å². The molecule has 3 rings (SSSR count). The number of carbonyl (C=O) groups is 2. The van der Waals surface area contributed by atoms with Crippen LogP contribution in [0.25, 0.3) is 10.9 Å². The molecule has 1 aliphatic rings. The van der Waals surface area contributed by atoms with Gasteiger partial charge >= 0.3 is 5.97 Å². The summed E-state index contributed by atoms with van der Waals surface area (Å²) in [6.45, 7) is 0.691. The van der Waals surface area contributed by atoms with Gasteiger partial charge in [-0.25, -0.2) is 4.98 Å². The van der Waals surface area contributed by atoms with Crippen molar-refractivity contribution in [2.24, 2.45) is 0 Å². The first-order valence-electron chi connectivity index (χ1n) is 8.04. The van der Waals surface area contributed by atoms with Gasteiger partial charge in [-0.05, 0) is 43.9 Å². The average molecular weight is 352 g/mol. The molecule has 8 nitrogen and oxygen atoms in total. The second kappa shape index (κ2) is 7.99. The largest absolute Gasteiger partial charge is 0.481 e. The summed E-state index contributed by atoms with van der Waals surface area (Å²) in [5.74, 6) is -0.0443. The van der Waals surface area contributed by atoms with Crippen LogP contribution in [0, 0.1) is 31.6 Å². The zero-order chi connectivity index (χ0) is 18.5.